The Labute approximate surface area is 454 Å². The predicted octanol–water partition coefficient (Wildman–Crippen LogP) is 6.79. The van der Waals surface area contributed by atoms with Gasteiger partial charge >= 0.3 is 17.7 Å². The van der Waals surface area contributed by atoms with Gasteiger partial charge in [0.25, 0.3) is 11.7 Å². The number of hydrogen-bond donors (Lipinski definition) is 7. The van der Waals surface area contributed by atoms with Gasteiger partial charge in [0.1, 0.15) is 34.6 Å². The molecule has 4 aliphatic heterocycles. The van der Waals surface area contributed by atoms with E-state index in [1.807, 2.05) is 0 Å². The summed E-state index contributed by atoms with van der Waals surface area (Å²) in [6.45, 7) is 12.7. The van der Waals surface area contributed by atoms with Gasteiger partial charge < -0.3 is 69.1 Å². The minimum atomic E-state index is -2.15. The number of carbonyl (C=O) groups excluding carboxylic acids is 3. The zero-order chi connectivity index (χ0) is 57.8. The summed E-state index contributed by atoms with van der Waals surface area (Å²) in [5.41, 5.74) is -1.95. The van der Waals surface area contributed by atoms with Crippen LogP contribution in [-0.2, 0) is 23.8 Å². The van der Waals surface area contributed by atoms with Gasteiger partial charge in [-0.05, 0) is 45.3 Å². The quantitative estimate of drug-likeness (QED) is 0.0298. The molecular weight excluding hydrogens is 1030 g/mol. The lowest BCUT2D eigenvalue weighted by Crippen LogP contribution is -2.46. The zero-order valence-corrected chi connectivity index (χ0v) is 45.9. The van der Waals surface area contributed by atoms with Gasteiger partial charge in [0.15, 0.2) is 17.3 Å². The second-order valence-corrected chi connectivity index (χ2v) is 21.3. The minimum Gasteiger partial charge on any atom is -0.507 e. The molecule has 1 aliphatic carbocycles. The molecule has 5 aliphatic rings. The maximum atomic E-state index is 16.4. The zero-order valence-electron chi connectivity index (χ0n) is 45.9. The third kappa shape index (κ3) is 10.4. The lowest BCUT2D eigenvalue weighted by molar-refractivity contribution is -0.160. The van der Waals surface area contributed by atoms with E-state index in [1.165, 1.54) is 71.3 Å². The van der Waals surface area contributed by atoms with E-state index in [0.717, 1.165) is 31.4 Å². The number of fused-ring (bicyclic) bond motifs is 15. The molecular formula is C57H68FN5O16. The second-order valence-electron chi connectivity index (χ2n) is 21.3. The van der Waals surface area contributed by atoms with E-state index in [2.05, 4.69) is 10.4 Å². The number of methoxy groups -OCH3 is 2. The number of nitrogens with zero attached hydrogens (tertiary/aromatic N) is 4. The summed E-state index contributed by atoms with van der Waals surface area (Å²) in [7, 11) is 4.36. The maximum Gasteiger partial charge on any atom is 0.341 e. The molecule has 3 aromatic carbocycles. The number of anilines is 2. The number of esters is 1. The molecule has 9 rings (SSSR count). The fraction of sp³-hybridized carbons (Fsp3) is 0.474. The highest BCUT2D eigenvalue weighted by molar-refractivity contribution is 6.24. The Kier molecular flexibility index (Phi) is 16.2. The Bertz CT molecular complexity index is 3330. The molecule has 0 radical (unpaired) electrons. The van der Waals surface area contributed by atoms with Crippen LogP contribution < -0.4 is 25.1 Å². The van der Waals surface area contributed by atoms with Crippen molar-refractivity contribution < 1.29 is 77.9 Å². The van der Waals surface area contributed by atoms with Gasteiger partial charge in [-0.3, -0.25) is 24.2 Å². The first kappa shape index (κ1) is 57.5. The van der Waals surface area contributed by atoms with E-state index in [1.54, 1.807) is 50.3 Å². The Balaban J connectivity index is 1.21. The lowest BCUT2D eigenvalue weighted by atomic mass is 9.78. The fourth-order valence-corrected chi connectivity index (χ4v) is 11.1. The molecule has 1 aromatic heterocycles. The van der Waals surface area contributed by atoms with Crippen molar-refractivity contribution in [3.63, 3.8) is 0 Å². The molecule has 4 aromatic rings. The van der Waals surface area contributed by atoms with Gasteiger partial charge in [-0.25, -0.2) is 9.18 Å². The predicted molar refractivity (Wildman–Crippen MR) is 290 cm³/mol. The lowest BCUT2D eigenvalue weighted by Gasteiger charge is -2.38. The molecule has 424 valence electrons. The van der Waals surface area contributed by atoms with Gasteiger partial charge in [-0.2, -0.15) is 5.10 Å². The van der Waals surface area contributed by atoms with Crippen LogP contribution in [0.25, 0.3) is 21.7 Å². The summed E-state index contributed by atoms with van der Waals surface area (Å²) in [5.74, 6) is -11.6. The third-order valence-corrected chi connectivity index (χ3v) is 16.0. The van der Waals surface area contributed by atoms with Crippen molar-refractivity contribution in [2.45, 2.75) is 117 Å². The number of carboxylic acids is 1. The molecule has 1 amide bonds. The molecule has 1 saturated heterocycles. The van der Waals surface area contributed by atoms with Crippen molar-refractivity contribution in [1.29, 1.82) is 0 Å². The van der Waals surface area contributed by atoms with Crippen LogP contribution in [0.5, 0.6) is 28.7 Å². The molecule has 7 N–H and O–H groups in total. The highest BCUT2D eigenvalue weighted by atomic mass is 19.1. The van der Waals surface area contributed by atoms with E-state index in [4.69, 9.17) is 23.7 Å². The summed E-state index contributed by atoms with van der Waals surface area (Å²) in [6, 6.07) is 0.454. The minimum absolute atomic E-state index is 0.0242. The Morgan fingerprint density at radius 3 is 2.29 bits per heavy atom. The van der Waals surface area contributed by atoms with Crippen molar-refractivity contribution in [3.8, 4) is 28.7 Å². The number of nitrogens with one attached hydrogen (secondary N) is 1. The van der Waals surface area contributed by atoms with Crippen LogP contribution >= 0.6 is 0 Å². The number of phenolic OH excluding ortho intramolecular Hbond substituents is 3. The van der Waals surface area contributed by atoms with E-state index >= 15 is 4.39 Å². The number of aromatic nitrogens is 1. The van der Waals surface area contributed by atoms with Gasteiger partial charge in [-0.1, -0.05) is 45.9 Å². The van der Waals surface area contributed by atoms with Crippen LogP contribution in [0.3, 0.4) is 0 Å². The first-order valence-corrected chi connectivity index (χ1v) is 26.1. The highest BCUT2D eigenvalue weighted by Gasteiger charge is 2.50. The standard InChI is InChI=1S/C57H68FN5O16/c1-25-13-12-14-26(2)55(72)60-42-35(22-59-61(9)33-17-19-62(23-33)44-37(58)21-34-43(53(44)76-11)63(32-15-16-32)24-36(48(34)68)56(73)74)49(69)39-40(50(42)70)47(67)30(6)52-41(39)54(71)57(8,79-52)77-20-18-38(75-10)27(3)51(78-31(7)64)29(5)46(66)28(4)45(25)65/h12-14,18,20-22,24-25,27-29,32-33,38,45-46,51,65-67,69-70H,15-17,19,23H2,1-11H3,(H,60,72)(H,73,74)/t25-,27+,28+,29+,33?,38-,45-,46+,51+,57-/m0/s1. The van der Waals surface area contributed by atoms with Gasteiger partial charge in [0.2, 0.25) is 5.43 Å². The van der Waals surface area contributed by atoms with Crippen molar-refractivity contribution in [1.82, 2.24) is 9.58 Å². The molecule has 79 heavy (non-hydrogen) atoms. The number of aliphatic hydroxyl groups is 2. The number of ether oxygens (including phenoxy) is 5. The molecule has 22 heteroatoms. The summed E-state index contributed by atoms with van der Waals surface area (Å²) in [5, 5.41) is 77.4. The summed E-state index contributed by atoms with van der Waals surface area (Å²) >= 11 is 0. The molecule has 5 bridgehead atoms. The van der Waals surface area contributed by atoms with E-state index in [9.17, 15) is 54.6 Å². The van der Waals surface area contributed by atoms with E-state index < -0.39 is 129 Å². The monoisotopic (exact) mass is 1100 g/mol. The van der Waals surface area contributed by atoms with Crippen LogP contribution in [-0.4, -0.2) is 141 Å². The Morgan fingerprint density at radius 2 is 1.66 bits per heavy atom. The second kappa shape index (κ2) is 22.2. The number of aliphatic hydroxyl groups excluding tert-OH is 2. The Morgan fingerprint density at radius 1 is 0.962 bits per heavy atom. The average molecular weight is 1100 g/mol. The first-order valence-electron chi connectivity index (χ1n) is 26.1. The molecule has 21 nitrogen and oxygen atoms in total. The largest absolute Gasteiger partial charge is 0.507 e. The van der Waals surface area contributed by atoms with Gasteiger partial charge in [-0.15, -0.1) is 0 Å². The van der Waals surface area contributed by atoms with Crippen molar-refractivity contribution in [3.05, 3.63) is 86.7 Å². The number of Topliss-reactive ketones (excluding diaryl/α,β-unsaturated/α-hetero) is 1. The number of carboxylic acid groups (broad SMARTS) is 1. The highest BCUT2D eigenvalue weighted by Crippen LogP contribution is 2.55. The van der Waals surface area contributed by atoms with Crippen LogP contribution in [0.4, 0.5) is 15.8 Å². The number of halogens is 1. The summed E-state index contributed by atoms with van der Waals surface area (Å²) in [6.07, 6.45) is 7.35. The number of pyridine rings is 1. The number of likely N-dealkylation sites (N-methyl/N-ethyl adjacent to an activating group) is 1. The number of amides is 1. The number of hydrogen-bond acceptors (Lipinski definition) is 18. The van der Waals surface area contributed by atoms with Crippen molar-refractivity contribution >= 4 is 62.9 Å². The molecule has 0 spiro atoms. The SMILES string of the molecule is COc1c(N2CCC(N(C)N=Cc3c4c(O)c5c(O)c(C)c6c(c5c3O)C(=O)[C@@](C)(OC=C[C@H](OC)[C@@H](C)[C@@H](OC(C)=O)[C@H](C)[C@H](O)[C@H](C)[C@@H](O)[C@@H](C)C=CC=C(C)C(=O)N4)O6)C2)c(F)cc2c(=O)c(C(=O)O)cn(C3CC3)c12. The number of hydrazone groups is 1. The summed E-state index contributed by atoms with van der Waals surface area (Å²) in [4.78, 5) is 68.5. The maximum absolute atomic E-state index is 16.4. The molecule has 5 heterocycles. The first-order chi connectivity index (χ1) is 37.3. The van der Waals surface area contributed by atoms with E-state index in [0.29, 0.717) is 6.42 Å². The van der Waals surface area contributed by atoms with Crippen LogP contribution in [0.15, 0.2) is 58.3 Å². The van der Waals surface area contributed by atoms with Crippen molar-refractivity contribution in [2.75, 3.05) is 44.6 Å². The number of aromatic hydroxyl groups is 3. The average Bonchev–Trinajstić information content (AvgIpc) is 4.33. The number of carbonyl (C=O) groups is 4. The number of benzene rings is 3. The normalized spacial score (nSPS) is 26.9. The molecule has 10 atom stereocenters. The van der Waals surface area contributed by atoms with Crippen LogP contribution in [0.2, 0.25) is 0 Å². The number of ketones is 1. The number of phenols is 3. The topological polar surface area (TPSA) is 289 Å². The van der Waals surface area contributed by atoms with E-state index in [-0.39, 0.29) is 74.9 Å². The fourth-order valence-electron chi connectivity index (χ4n) is 11.1. The van der Waals surface area contributed by atoms with Gasteiger partial charge in [0, 0.05) is 93.5 Å². The van der Waals surface area contributed by atoms with Gasteiger partial charge in [0.05, 0.1) is 77.0 Å². The number of aromatic carboxylic acids is 1. The van der Waals surface area contributed by atoms with Crippen LogP contribution in [0, 0.1) is 36.4 Å². The van der Waals surface area contributed by atoms with Crippen LogP contribution in [0.1, 0.15) is 106 Å². The molecule has 1 saturated carbocycles. The number of rotatable bonds is 9. The summed E-state index contributed by atoms with van der Waals surface area (Å²) < 4.78 is 47.6. The number of allylic oxidation sites excluding steroid dienone is 2. The smallest absolute Gasteiger partial charge is 0.341 e. The Hall–Kier alpha value is -7.69. The van der Waals surface area contributed by atoms with Crippen molar-refractivity contribution in [2.24, 2.45) is 28.8 Å². The molecule has 1 unspecified atom stereocenters. The third-order valence-electron chi connectivity index (χ3n) is 16.0. The molecule has 2 fully saturated rings.